The highest BCUT2D eigenvalue weighted by Gasteiger charge is 2.17. The SMILES string of the molecule is C[NH2+][C@@H](C)[C@H](O)c1ccccc1.C[NH2+][C@@H](C)[C@H](O)c1ccccc1.O=S(=O)([O-])[O-]. The Hall–Kier alpha value is -1.85. The maximum Gasteiger partial charge on any atom is 0.130 e. The van der Waals surface area contributed by atoms with Gasteiger partial charge in [-0.05, 0) is 25.0 Å². The fraction of sp³-hybridized carbons (Fsp3) is 0.400. The van der Waals surface area contributed by atoms with Gasteiger partial charge in [-0.1, -0.05) is 60.7 Å². The van der Waals surface area contributed by atoms with E-state index in [4.69, 9.17) is 17.5 Å². The molecular weight excluding hydrogens is 396 g/mol. The molecule has 29 heavy (non-hydrogen) atoms. The highest BCUT2D eigenvalue weighted by molar-refractivity contribution is 7.79. The standard InChI is InChI=1S/2C10H15NO.H2O4S/c2*1-8(11-2)10(12)9-6-4-3-5-7-9;1-5(2,3)4/h2*3-8,10-12H,1-2H3;(H2,1,2,3,4)/t2*8-,10-;/m00./s1. The van der Waals surface area contributed by atoms with Crippen LogP contribution < -0.4 is 10.6 Å². The summed E-state index contributed by atoms with van der Waals surface area (Å²) in [5.41, 5.74) is 1.98. The number of quaternary nitrogens is 2. The van der Waals surface area contributed by atoms with Crippen molar-refractivity contribution in [3.8, 4) is 0 Å². The third-order valence-electron chi connectivity index (χ3n) is 4.33. The molecule has 0 aromatic heterocycles. The number of benzene rings is 2. The Morgan fingerprint density at radius 3 is 1.17 bits per heavy atom. The lowest BCUT2D eigenvalue weighted by molar-refractivity contribution is -0.669. The number of hydrogen-bond donors (Lipinski definition) is 4. The van der Waals surface area contributed by atoms with Crippen molar-refractivity contribution < 1.29 is 38.4 Å². The zero-order valence-corrected chi connectivity index (χ0v) is 18.0. The molecule has 0 bridgehead atoms. The van der Waals surface area contributed by atoms with E-state index in [0.29, 0.717) is 0 Å². The van der Waals surface area contributed by atoms with Crippen LogP contribution in [0, 0.1) is 0 Å². The number of hydrogen-bond acceptors (Lipinski definition) is 6. The molecule has 8 nitrogen and oxygen atoms in total. The zero-order chi connectivity index (χ0) is 22.4. The van der Waals surface area contributed by atoms with Gasteiger partial charge in [0.1, 0.15) is 24.3 Å². The summed E-state index contributed by atoms with van der Waals surface area (Å²) in [6.45, 7) is 4.02. The number of aliphatic hydroxyl groups excluding tert-OH is 2. The quantitative estimate of drug-likeness (QED) is 0.351. The van der Waals surface area contributed by atoms with Crippen LogP contribution in [0.1, 0.15) is 37.2 Å². The Balaban J connectivity index is 0.000000442. The Morgan fingerprint density at radius 2 is 0.966 bits per heavy atom. The molecular formula is C20H32N2O6S. The first-order valence-electron chi connectivity index (χ1n) is 9.22. The van der Waals surface area contributed by atoms with Crippen LogP contribution in [0.2, 0.25) is 0 Å². The molecule has 0 saturated heterocycles. The van der Waals surface area contributed by atoms with Gasteiger partial charge in [-0.2, -0.15) is 0 Å². The second kappa shape index (κ2) is 14.2. The summed E-state index contributed by atoms with van der Waals surface area (Å²) in [6.07, 6.45) is -0.729. The van der Waals surface area contributed by atoms with Crippen molar-refractivity contribution in [1.29, 1.82) is 0 Å². The minimum Gasteiger partial charge on any atom is -0.759 e. The van der Waals surface area contributed by atoms with Gasteiger partial charge in [0.05, 0.1) is 14.1 Å². The summed E-state index contributed by atoms with van der Waals surface area (Å²) < 4.78 is 34.1. The highest BCUT2D eigenvalue weighted by atomic mass is 32.3. The molecule has 2 aromatic carbocycles. The van der Waals surface area contributed by atoms with Crippen LogP contribution in [0.15, 0.2) is 60.7 Å². The van der Waals surface area contributed by atoms with Crippen LogP contribution in [-0.2, 0) is 10.4 Å². The number of nitrogens with two attached hydrogens (primary N) is 2. The molecule has 2 rings (SSSR count). The minimum absolute atomic E-state index is 0.215. The van der Waals surface area contributed by atoms with Crippen LogP contribution in [0.5, 0.6) is 0 Å². The molecule has 2 aromatic rings. The van der Waals surface area contributed by atoms with Crippen molar-refractivity contribution in [2.45, 2.75) is 38.1 Å². The molecule has 0 saturated carbocycles. The smallest absolute Gasteiger partial charge is 0.130 e. The van der Waals surface area contributed by atoms with E-state index in [2.05, 4.69) is 0 Å². The Kier molecular flexibility index (Phi) is 13.3. The van der Waals surface area contributed by atoms with Gasteiger partial charge in [0.25, 0.3) is 0 Å². The topological polar surface area (TPSA) is 154 Å². The Labute approximate surface area is 173 Å². The van der Waals surface area contributed by atoms with Gasteiger partial charge in [0, 0.05) is 10.4 Å². The van der Waals surface area contributed by atoms with Crippen molar-refractivity contribution in [3.63, 3.8) is 0 Å². The number of aliphatic hydroxyl groups is 2. The molecule has 9 heteroatoms. The molecule has 0 aliphatic heterocycles. The van der Waals surface area contributed by atoms with E-state index < -0.39 is 10.4 Å². The van der Waals surface area contributed by atoms with Gasteiger partial charge < -0.3 is 30.0 Å². The van der Waals surface area contributed by atoms with Crippen LogP contribution in [0.25, 0.3) is 0 Å². The van der Waals surface area contributed by atoms with Crippen molar-refractivity contribution >= 4 is 10.4 Å². The van der Waals surface area contributed by atoms with Crippen LogP contribution in [-0.4, -0.2) is 53.9 Å². The molecule has 0 fully saturated rings. The molecule has 0 spiro atoms. The Bertz CT molecular complexity index is 700. The van der Waals surface area contributed by atoms with Crippen molar-refractivity contribution in [3.05, 3.63) is 71.8 Å². The predicted octanol–water partition coefficient (Wildman–Crippen LogP) is -0.735. The van der Waals surface area contributed by atoms with Gasteiger partial charge in [0.2, 0.25) is 0 Å². The van der Waals surface area contributed by atoms with E-state index in [1.54, 1.807) is 0 Å². The van der Waals surface area contributed by atoms with E-state index in [1.807, 2.05) is 99.2 Å². The summed E-state index contributed by atoms with van der Waals surface area (Å²) in [4.78, 5) is 0. The molecule has 0 aliphatic carbocycles. The highest BCUT2D eigenvalue weighted by Crippen LogP contribution is 2.14. The van der Waals surface area contributed by atoms with Crippen molar-refractivity contribution in [1.82, 2.24) is 0 Å². The Morgan fingerprint density at radius 1 is 0.724 bits per heavy atom. The number of rotatable bonds is 6. The van der Waals surface area contributed by atoms with Crippen LogP contribution in [0.3, 0.4) is 0 Å². The first-order valence-corrected chi connectivity index (χ1v) is 10.6. The molecule has 0 radical (unpaired) electrons. The first kappa shape index (κ1) is 27.1. The molecule has 0 unspecified atom stereocenters. The molecule has 0 heterocycles. The second-order valence-corrected chi connectivity index (χ2v) is 7.32. The van der Waals surface area contributed by atoms with E-state index >= 15 is 0 Å². The lowest BCUT2D eigenvalue weighted by Gasteiger charge is -2.15. The average molecular weight is 429 g/mol. The zero-order valence-electron chi connectivity index (χ0n) is 17.2. The fourth-order valence-electron chi connectivity index (χ4n) is 2.27. The van der Waals surface area contributed by atoms with Crippen molar-refractivity contribution in [2.24, 2.45) is 0 Å². The van der Waals surface area contributed by atoms with Gasteiger partial charge in [0.15, 0.2) is 0 Å². The second-order valence-electron chi connectivity index (χ2n) is 6.50. The average Bonchev–Trinajstić information content (AvgIpc) is 2.72. The maximum absolute atomic E-state index is 9.76. The normalized spacial score (nSPS) is 14.9. The summed E-state index contributed by atoms with van der Waals surface area (Å²) >= 11 is 0. The molecule has 164 valence electrons. The predicted molar refractivity (Wildman–Crippen MR) is 108 cm³/mol. The van der Waals surface area contributed by atoms with Gasteiger partial charge >= 0.3 is 0 Å². The molecule has 6 N–H and O–H groups in total. The largest absolute Gasteiger partial charge is 0.759 e. The fourth-order valence-corrected chi connectivity index (χ4v) is 2.27. The minimum atomic E-state index is -5.17. The summed E-state index contributed by atoms with van der Waals surface area (Å²) in [5, 5.41) is 23.5. The third-order valence-corrected chi connectivity index (χ3v) is 4.33. The summed E-state index contributed by atoms with van der Waals surface area (Å²) in [5.74, 6) is 0. The first-order chi connectivity index (χ1) is 13.5. The monoisotopic (exact) mass is 428 g/mol. The lowest BCUT2D eigenvalue weighted by atomic mass is 10.0. The van der Waals surface area contributed by atoms with Gasteiger partial charge in [-0.25, -0.2) is 0 Å². The maximum atomic E-state index is 9.76. The molecule has 0 aliphatic rings. The van der Waals surface area contributed by atoms with Crippen molar-refractivity contribution in [2.75, 3.05) is 14.1 Å². The molecule has 0 amide bonds. The summed E-state index contributed by atoms with van der Waals surface area (Å²) in [7, 11) is -1.23. The van der Waals surface area contributed by atoms with Gasteiger partial charge in [-0.3, -0.25) is 8.42 Å². The lowest BCUT2D eigenvalue weighted by Crippen LogP contribution is -2.86. The van der Waals surface area contributed by atoms with E-state index in [0.717, 1.165) is 11.1 Å². The molecule has 4 atom stereocenters. The van der Waals surface area contributed by atoms with Crippen LogP contribution in [0.4, 0.5) is 0 Å². The summed E-state index contributed by atoms with van der Waals surface area (Å²) in [6, 6.07) is 19.9. The third kappa shape index (κ3) is 13.1. The van der Waals surface area contributed by atoms with Crippen LogP contribution >= 0.6 is 0 Å². The van der Waals surface area contributed by atoms with Gasteiger partial charge in [-0.15, -0.1) is 0 Å². The van der Waals surface area contributed by atoms with E-state index in [9.17, 15) is 10.2 Å². The number of likely N-dealkylation sites (N-methyl/N-ethyl adjacent to an activating group) is 2. The van der Waals surface area contributed by atoms with E-state index in [-0.39, 0.29) is 24.3 Å². The van der Waals surface area contributed by atoms with E-state index in [1.165, 1.54) is 0 Å².